The fraction of sp³-hybridized carbons (Fsp3) is 0.478. The number of benzene rings is 1. The molecule has 0 saturated carbocycles. The fourth-order valence-electron chi connectivity index (χ4n) is 4.52. The summed E-state index contributed by atoms with van der Waals surface area (Å²) in [6.07, 6.45) is 7.77. The van der Waals surface area contributed by atoms with Gasteiger partial charge in [0.25, 0.3) is 0 Å². The van der Waals surface area contributed by atoms with Gasteiger partial charge >= 0.3 is 0 Å². The molecule has 1 aromatic carbocycles. The van der Waals surface area contributed by atoms with Crippen molar-refractivity contribution < 1.29 is 0 Å². The van der Waals surface area contributed by atoms with E-state index in [-0.39, 0.29) is 12.4 Å². The molecule has 1 saturated heterocycles. The van der Waals surface area contributed by atoms with E-state index in [1.807, 2.05) is 12.5 Å². The molecule has 1 unspecified atom stereocenters. The van der Waals surface area contributed by atoms with Crippen molar-refractivity contribution in [2.24, 2.45) is 0 Å². The Balaban J connectivity index is 0.00000240. The lowest BCUT2D eigenvalue weighted by atomic mass is 10.1. The predicted octanol–water partition coefficient (Wildman–Crippen LogP) is 5.13. The van der Waals surface area contributed by atoms with Crippen molar-refractivity contribution in [3.8, 4) is 16.9 Å². The normalized spacial score (nSPS) is 15.4. The van der Waals surface area contributed by atoms with E-state index < -0.39 is 0 Å². The van der Waals surface area contributed by atoms with Gasteiger partial charge in [-0.1, -0.05) is 25.1 Å². The summed E-state index contributed by atoms with van der Waals surface area (Å²) in [5, 5.41) is 4.89. The molecular formula is C23H32ClN5. The van der Waals surface area contributed by atoms with Gasteiger partial charge in [0.15, 0.2) is 0 Å². The van der Waals surface area contributed by atoms with Crippen LogP contribution in [0.3, 0.4) is 0 Å². The Bertz CT molecular complexity index is 952. The van der Waals surface area contributed by atoms with Crippen molar-refractivity contribution in [2.75, 3.05) is 19.6 Å². The van der Waals surface area contributed by atoms with Crippen LogP contribution in [0.25, 0.3) is 16.9 Å². The van der Waals surface area contributed by atoms with Crippen LogP contribution >= 0.6 is 12.4 Å². The van der Waals surface area contributed by atoms with E-state index in [1.165, 1.54) is 48.4 Å². The summed E-state index contributed by atoms with van der Waals surface area (Å²) in [5.74, 6) is 0. The van der Waals surface area contributed by atoms with Crippen molar-refractivity contribution in [3.63, 3.8) is 0 Å². The van der Waals surface area contributed by atoms with Crippen LogP contribution in [0.15, 0.2) is 36.8 Å². The third-order valence-corrected chi connectivity index (χ3v) is 6.09. The number of imidazole rings is 1. The number of aromatic nitrogens is 4. The maximum Gasteiger partial charge on any atom is 0.0954 e. The summed E-state index contributed by atoms with van der Waals surface area (Å²) in [5.41, 5.74) is 6.99. The van der Waals surface area contributed by atoms with Crippen LogP contribution in [0.5, 0.6) is 0 Å². The summed E-state index contributed by atoms with van der Waals surface area (Å²) in [7, 11) is 0. The molecule has 5 nitrogen and oxygen atoms in total. The molecule has 29 heavy (non-hydrogen) atoms. The smallest absolute Gasteiger partial charge is 0.0954 e. The van der Waals surface area contributed by atoms with Gasteiger partial charge in [-0.05, 0) is 64.8 Å². The minimum atomic E-state index is 0. The highest BCUT2D eigenvalue weighted by Gasteiger charge is 2.23. The van der Waals surface area contributed by atoms with E-state index in [2.05, 4.69) is 71.1 Å². The monoisotopic (exact) mass is 413 g/mol. The first-order chi connectivity index (χ1) is 13.6. The van der Waals surface area contributed by atoms with E-state index in [9.17, 15) is 0 Å². The summed E-state index contributed by atoms with van der Waals surface area (Å²) in [6.45, 7) is 12.2. The topological polar surface area (TPSA) is 38.9 Å². The van der Waals surface area contributed by atoms with Crippen LogP contribution in [-0.4, -0.2) is 43.9 Å². The Labute approximate surface area is 180 Å². The van der Waals surface area contributed by atoms with Gasteiger partial charge in [0, 0.05) is 18.2 Å². The molecule has 3 aromatic rings. The molecule has 6 heteroatoms. The Morgan fingerprint density at radius 3 is 2.48 bits per heavy atom. The number of hydrogen-bond donors (Lipinski definition) is 0. The molecule has 4 rings (SSSR count). The summed E-state index contributed by atoms with van der Waals surface area (Å²) in [4.78, 5) is 7.12. The van der Waals surface area contributed by atoms with E-state index in [4.69, 9.17) is 5.10 Å². The zero-order valence-electron chi connectivity index (χ0n) is 17.9. The largest absolute Gasteiger partial charge is 0.326 e. The van der Waals surface area contributed by atoms with Gasteiger partial charge < -0.3 is 9.47 Å². The lowest BCUT2D eigenvalue weighted by Gasteiger charge is -2.25. The molecule has 0 N–H and O–H groups in total. The van der Waals surface area contributed by atoms with Crippen molar-refractivity contribution >= 4 is 12.4 Å². The Kier molecular flexibility index (Phi) is 6.81. The zero-order chi connectivity index (χ0) is 19.7. The number of likely N-dealkylation sites (tertiary alicyclic amines) is 1. The molecule has 1 atom stereocenters. The molecule has 0 bridgehead atoms. The van der Waals surface area contributed by atoms with Crippen LogP contribution < -0.4 is 0 Å². The quantitative estimate of drug-likeness (QED) is 0.562. The molecule has 0 radical (unpaired) electrons. The number of rotatable bonds is 6. The maximum absolute atomic E-state index is 4.89. The average Bonchev–Trinajstić information content (AvgIpc) is 3.41. The predicted molar refractivity (Wildman–Crippen MR) is 121 cm³/mol. The molecule has 0 spiro atoms. The minimum absolute atomic E-state index is 0. The van der Waals surface area contributed by atoms with Crippen LogP contribution in [0.1, 0.15) is 49.2 Å². The van der Waals surface area contributed by atoms with E-state index >= 15 is 0 Å². The first-order valence-electron chi connectivity index (χ1n) is 10.5. The fourth-order valence-corrected chi connectivity index (χ4v) is 4.52. The average molecular weight is 414 g/mol. The number of nitrogens with zero attached hydrogens (tertiary/aromatic N) is 5. The first kappa shape index (κ1) is 21.6. The zero-order valence-corrected chi connectivity index (χ0v) is 18.7. The van der Waals surface area contributed by atoms with Crippen LogP contribution in [0.4, 0.5) is 0 Å². The summed E-state index contributed by atoms with van der Waals surface area (Å²) < 4.78 is 4.45. The third kappa shape index (κ3) is 4.12. The first-order valence-corrected chi connectivity index (χ1v) is 10.5. The molecule has 2 aromatic heterocycles. The van der Waals surface area contributed by atoms with E-state index in [0.29, 0.717) is 6.04 Å². The lowest BCUT2D eigenvalue weighted by Crippen LogP contribution is -2.28. The third-order valence-electron chi connectivity index (χ3n) is 6.09. The number of hydrogen-bond acceptors (Lipinski definition) is 3. The van der Waals surface area contributed by atoms with Crippen molar-refractivity contribution in [3.05, 3.63) is 53.7 Å². The van der Waals surface area contributed by atoms with Gasteiger partial charge in [0.05, 0.1) is 35.3 Å². The summed E-state index contributed by atoms with van der Waals surface area (Å²) >= 11 is 0. The summed E-state index contributed by atoms with van der Waals surface area (Å²) in [6, 6.07) is 8.87. The Morgan fingerprint density at radius 1 is 1.07 bits per heavy atom. The van der Waals surface area contributed by atoms with Crippen LogP contribution in [-0.2, 0) is 0 Å². The highest BCUT2D eigenvalue weighted by atomic mass is 35.5. The SMILES string of the molecule is CCC(CN1CCCC1)n1cncc1-c1c(C)nn(-c2ccccc2C)c1C.Cl. The van der Waals surface area contributed by atoms with Gasteiger partial charge in [-0.3, -0.25) is 0 Å². The van der Waals surface area contributed by atoms with Crippen molar-refractivity contribution in [1.82, 2.24) is 24.2 Å². The van der Waals surface area contributed by atoms with Crippen LogP contribution in [0, 0.1) is 20.8 Å². The molecule has 1 fully saturated rings. The lowest BCUT2D eigenvalue weighted by molar-refractivity contribution is 0.273. The van der Waals surface area contributed by atoms with E-state index in [1.54, 1.807) is 0 Å². The standard InChI is InChI=1S/C23H31N5.ClH/c1-5-20(15-26-12-8-9-13-26)27-16-24-14-22(27)23-18(3)25-28(19(23)4)21-11-7-6-10-17(21)2;/h6-7,10-11,14,16,20H,5,8-9,12-13,15H2,1-4H3;1H. The Hall–Kier alpha value is -2.11. The molecule has 1 aliphatic rings. The highest BCUT2D eigenvalue weighted by Crippen LogP contribution is 2.32. The minimum Gasteiger partial charge on any atom is -0.326 e. The second kappa shape index (κ2) is 9.14. The van der Waals surface area contributed by atoms with Gasteiger partial charge in [-0.2, -0.15) is 5.10 Å². The van der Waals surface area contributed by atoms with Gasteiger partial charge in [-0.15, -0.1) is 12.4 Å². The van der Waals surface area contributed by atoms with Crippen molar-refractivity contribution in [2.45, 2.75) is 53.0 Å². The Morgan fingerprint density at radius 2 is 1.79 bits per heavy atom. The van der Waals surface area contributed by atoms with Crippen molar-refractivity contribution in [1.29, 1.82) is 0 Å². The molecule has 1 aliphatic heterocycles. The molecule has 0 aliphatic carbocycles. The molecule has 156 valence electrons. The number of aryl methyl sites for hydroxylation is 2. The maximum atomic E-state index is 4.89. The molecular weight excluding hydrogens is 382 g/mol. The van der Waals surface area contributed by atoms with Gasteiger partial charge in [0.2, 0.25) is 0 Å². The van der Waals surface area contributed by atoms with E-state index in [0.717, 1.165) is 24.3 Å². The number of halogens is 1. The second-order valence-corrected chi connectivity index (χ2v) is 8.00. The molecule has 0 amide bonds. The van der Waals surface area contributed by atoms with Gasteiger partial charge in [0.1, 0.15) is 0 Å². The molecule has 3 heterocycles. The second-order valence-electron chi connectivity index (χ2n) is 8.00. The van der Waals surface area contributed by atoms with Crippen LogP contribution in [0.2, 0.25) is 0 Å². The highest BCUT2D eigenvalue weighted by molar-refractivity contribution is 5.85. The number of para-hydroxylation sites is 1. The van der Waals surface area contributed by atoms with Gasteiger partial charge in [-0.25, -0.2) is 9.67 Å².